The number of nitrogens with two attached hydrogens (primary N) is 1. The largest absolute Gasteiger partial charge is 0.352 e. The highest BCUT2D eigenvalue weighted by molar-refractivity contribution is 5.86. The number of carbonyl (C=O) groups excluding carboxylic acids is 1. The molecule has 20 heavy (non-hydrogen) atoms. The fourth-order valence-corrected chi connectivity index (χ4v) is 3.11. The average molecular weight is 271 g/mol. The van der Waals surface area contributed by atoms with Gasteiger partial charge in [-0.15, -0.1) is 0 Å². The molecule has 1 aromatic carbocycles. The molecule has 0 spiro atoms. The number of nitrogens with zero attached hydrogens (tertiary/aromatic N) is 1. The molecule has 0 aliphatic heterocycles. The first kappa shape index (κ1) is 13.2. The van der Waals surface area contributed by atoms with Gasteiger partial charge in [0.1, 0.15) is 6.54 Å². The van der Waals surface area contributed by atoms with Gasteiger partial charge in [0.2, 0.25) is 5.91 Å². The van der Waals surface area contributed by atoms with Crippen LogP contribution < -0.4 is 11.1 Å². The topological polar surface area (TPSA) is 60.0 Å². The van der Waals surface area contributed by atoms with Crippen LogP contribution in [0.2, 0.25) is 0 Å². The van der Waals surface area contributed by atoms with Crippen molar-refractivity contribution in [1.29, 1.82) is 0 Å². The molecular weight excluding hydrogens is 250 g/mol. The number of carbonyl (C=O) groups is 1. The van der Waals surface area contributed by atoms with E-state index in [1.165, 1.54) is 12.8 Å². The van der Waals surface area contributed by atoms with Crippen LogP contribution in [-0.4, -0.2) is 16.5 Å². The molecule has 0 saturated heterocycles. The highest BCUT2D eigenvalue weighted by Crippen LogP contribution is 2.21. The third-order valence-electron chi connectivity index (χ3n) is 4.13. The van der Waals surface area contributed by atoms with Crippen LogP contribution >= 0.6 is 0 Å². The molecule has 0 radical (unpaired) electrons. The van der Waals surface area contributed by atoms with Gasteiger partial charge in [-0.2, -0.15) is 0 Å². The minimum absolute atomic E-state index is 0.0984. The number of amides is 1. The Labute approximate surface area is 118 Å². The molecule has 0 atom stereocenters. The maximum absolute atomic E-state index is 12.1. The van der Waals surface area contributed by atoms with Crippen molar-refractivity contribution in [3.05, 3.63) is 36.0 Å². The van der Waals surface area contributed by atoms with Gasteiger partial charge in [-0.05, 0) is 24.5 Å². The van der Waals surface area contributed by atoms with Gasteiger partial charge in [0.15, 0.2) is 0 Å². The van der Waals surface area contributed by atoms with E-state index >= 15 is 0 Å². The molecule has 2 aromatic rings. The average Bonchev–Trinajstić information content (AvgIpc) is 3.07. The highest BCUT2D eigenvalue weighted by Gasteiger charge is 2.17. The summed E-state index contributed by atoms with van der Waals surface area (Å²) in [6.07, 6.45) is 6.70. The lowest BCUT2D eigenvalue weighted by atomic mass is 10.2. The predicted octanol–water partition coefficient (Wildman–Crippen LogP) is 2.16. The Morgan fingerprint density at radius 2 is 2.05 bits per heavy atom. The van der Waals surface area contributed by atoms with Gasteiger partial charge >= 0.3 is 0 Å². The summed E-state index contributed by atoms with van der Waals surface area (Å²) < 4.78 is 2.00. The summed E-state index contributed by atoms with van der Waals surface area (Å²) in [5.41, 5.74) is 7.95. The Hall–Kier alpha value is -1.81. The number of aromatic nitrogens is 1. The second-order valence-electron chi connectivity index (χ2n) is 5.55. The monoisotopic (exact) mass is 271 g/mol. The molecule has 4 nitrogen and oxygen atoms in total. The van der Waals surface area contributed by atoms with E-state index in [0.717, 1.165) is 29.3 Å². The Morgan fingerprint density at radius 3 is 2.80 bits per heavy atom. The van der Waals surface area contributed by atoms with Gasteiger partial charge in [0, 0.05) is 29.7 Å². The lowest BCUT2D eigenvalue weighted by Gasteiger charge is -2.12. The SMILES string of the molecule is NCc1cn(CC(=O)NC2CCCC2)c2ccccc12. The van der Waals surface area contributed by atoms with Crippen molar-refractivity contribution in [3.63, 3.8) is 0 Å². The Kier molecular flexibility index (Phi) is 3.74. The second-order valence-corrected chi connectivity index (χ2v) is 5.55. The Morgan fingerprint density at radius 1 is 1.30 bits per heavy atom. The summed E-state index contributed by atoms with van der Waals surface area (Å²) in [6, 6.07) is 8.47. The van der Waals surface area contributed by atoms with Crippen molar-refractivity contribution in [2.45, 2.75) is 44.8 Å². The summed E-state index contributed by atoms with van der Waals surface area (Å²) in [6.45, 7) is 0.870. The van der Waals surface area contributed by atoms with Gasteiger partial charge < -0.3 is 15.6 Å². The molecule has 3 N–H and O–H groups in total. The second kappa shape index (κ2) is 5.67. The van der Waals surface area contributed by atoms with E-state index in [1.807, 2.05) is 29.0 Å². The molecule has 1 aromatic heterocycles. The number of rotatable bonds is 4. The van der Waals surface area contributed by atoms with Crippen LogP contribution in [0, 0.1) is 0 Å². The van der Waals surface area contributed by atoms with Gasteiger partial charge in [-0.25, -0.2) is 0 Å². The lowest BCUT2D eigenvalue weighted by molar-refractivity contribution is -0.122. The zero-order valence-corrected chi connectivity index (χ0v) is 11.6. The minimum Gasteiger partial charge on any atom is -0.352 e. The van der Waals surface area contributed by atoms with Crippen LogP contribution in [0.15, 0.2) is 30.5 Å². The summed E-state index contributed by atoms with van der Waals surface area (Å²) in [5, 5.41) is 4.27. The molecule has 3 rings (SSSR count). The van der Waals surface area contributed by atoms with E-state index < -0.39 is 0 Å². The summed E-state index contributed by atoms with van der Waals surface area (Å²) >= 11 is 0. The van der Waals surface area contributed by atoms with Crippen LogP contribution in [0.5, 0.6) is 0 Å². The molecule has 1 fully saturated rings. The van der Waals surface area contributed by atoms with Crippen LogP contribution in [0.4, 0.5) is 0 Å². The van der Waals surface area contributed by atoms with Gasteiger partial charge in [-0.1, -0.05) is 31.0 Å². The summed E-state index contributed by atoms with van der Waals surface area (Å²) in [7, 11) is 0. The van der Waals surface area contributed by atoms with E-state index in [2.05, 4.69) is 11.4 Å². The number of hydrogen-bond acceptors (Lipinski definition) is 2. The number of benzene rings is 1. The van der Waals surface area contributed by atoms with E-state index in [-0.39, 0.29) is 5.91 Å². The third kappa shape index (κ3) is 2.56. The lowest BCUT2D eigenvalue weighted by Crippen LogP contribution is -2.35. The van der Waals surface area contributed by atoms with Crippen molar-refractivity contribution in [2.75, 3.05) is 0 Å². The molecule has 1 aliphatic rings. The number of hydrogen-bond donors (Lipinski definition) is 2. The summed E-state index contributed by atoms with van der Waals surface area (Å²) in [4.78, 5) is 12.1. The normalized spacial score (nSPS) is 15.8. The maximum atomic E-state index is 12.1. The van der Waals surface area contributed by atoms with E-state index in [4.69, 9.17) is 5.73 Å². The van der Waals surface area contributed by atoms with Crippen LogP contribution in [0.3, 0.4) is 0 Å². The van der Waals surface area contributed by atoms with Crippen molar-refractivity contribution < 1.29 is 4.79 Å². The van der Waals surface area contributed by atoms with Crippen molar-refractivity contribution in [1.82, 2.24) is 9.88 Å². The summed E-state index contributed by atoms with van der Waals surface area (Å²) in [5.74, 6) is 0.0984. The third-order valence-corrected chi connectivity index (χ3v) is 4.13. The molecule has 1 saturated carbocycles. The zero-order valence-electron chi connectivity index (χ0n) is 11.6. The van der Waals surface area contributed by atoms with Crippen LogP contribution in [0.1, 0.15) is 31.2 Å². The van der Waals surface area contributed by atoms with Gasteiger partial charge in [0.25, 0.3) is 0 Å². The fourth-order valence-electron chi connectivity index (χ4n) is 3.11. The predicted molar refractivity (Wildman–Crippen MR) is 80.2 cm³/mol. The minimum atomic E-state index is 0.0984. The molecule has 4 heteroatoms. The first-order valence-corrected chi connectivity index (χ1v) is 7.34. The molecule has 1 aliphatic carbocycles. The van der Waals surface area contributed by atoms with Crippen molar-refractivity contribution >= 4 is 16.8 Å². The molecule has 0 unspecified atom stereocenters. The Bertz CT molecular complexity index is 611. The van der Waals surface area contributed by atoms with Crippen molar-refractivity contribution in [2.24, 2.45) is 5.73 Å². The number of nitrogens with one attached hydrogen (secondary N) is 1. The standard InChI is InChI=1S/C16H21N3O/c17-9-12-10-19(15-8-4-3-7-14(12)15)11-16(20)18-13-5-1-2-6-13/h3-4,7-8,10,13H,1-2,5-6,9,11,17H2,(H,18,20). The van der Waals surface area contributed by atoms with Gasteiger partial charge in [0.05, 0.1) is 0 Å². The van der Waals surface area contributed by atoms with Crippen LogP contribution in [0.25, 0.3) is 10.9 Å². The van der Waals surface area contributed by atoms with E-state index in [0.29, 0.717) is 19.1 Å². The highest BCUT2D eigenvalue weighted by atomic mass is 16.2. The first-order valence-electron chi connectivity index (χ1n) is 7.34. The molecular formula is C16H21N3O. The zero-order chi connectivity index (χ0) is 13.9. The van der Waals surface area contributed by atoms with Crippen molar-refractivity contribution in [3.8, 4) is 0 Å². The van der Waals surface area contributed by atoms with E-state index in [1.54, 1.807) is 0 Å². The smallest absolute Gasteiger partial charge is 0.240 e. The quantitative estimate of drug-likeness (QED) is 0.895. The van der Waals surface area contributed by atoms with E-state index in [9.17, 15) is 4.79 Å². The molecule has 1 heterocycles. The molecule has 106 valence electrons. The maximum Gasteiger partial charge on any atom is 0.240 e. The fraction of sp³-hybridized carbons (Fsp3) is 0.438. The number of fused-ring (bicyclic) bond motifs is 1. The Balaban J connectivity index is 1.78. The first-order chi connectivity index (χ1) is 9.78. The van der Waals surface area contributed by atoms with Gasteiger partial charge in [-0.3, -0.25) is 4.79 Å². The molecule has 0 bridgehead atoms. The molecule has 1 amide bonds. The van der Waals surface area contributed by atoms with Crippen LogP contribution in [-0.2, 0) is 17.9 Å². The number of para-hydroxylation sites is 1.